The van der Waals surface area contributed by atoms with Crippen LogP contribution in [-0.2, 0) is 0 Å². The van der Waals surface area contributed by atoms with E-state index in [-0.39, 0.29) is 23.6 Å². The predicted octanol–water partition coefficient (Wildman–Crippen LogP) is 1.48. The quantitative estimate of drug-likeness (QED) is 0.611. The number of hydrogen-bond donors (Lipinski definition) is 3. The summed E-state index contributed by atoms with van der Waals surface area (Å²) in [5.74, 6) is -1.01. The fourth-order valence-electron chi connectivity index (χ4n) is 3.12. The van der Waals surface area contributed by atoms with Gasteiger partial charge in [0.25, 0.3) is 11.8 Å². The lowest BCUT2D eigenvalue weighted by Crippen LogP contribution is -2.25. The first kappa shape index (κ1) is 18.2. The van der Waals surface area contributed by atoms with Gasteiger partial charge in [0.05, 0.1) is 28.7 Å². The zero-order chi connectivity index (χ0) is 20.5. The molecule has 3 aromatic rings. The number of nitrogens with zero attached hydrogens (tertiary/aromatic N) is 3. The standard InChI is InChI=1S/C20H16N6O3/c21-18(28)14-5-1-3-11(23-14)13-8-7-10-17(27)9-16(26-20(10)25-13)12-4-2-6-15(24-12)19(22)29/h1-8,16H,9H2,(H2,21,28)(H2,22,29)(H,25,26). The molecule has 4 heterocycles. The second-order valence-electron chi connectivity index (χ2n) is 6.50. The van der Waals surface area contributed by atoms with E-state index >= 15 is 0 Å². The summed E-state index contributed by atoms with van der Waals surface area (Å²) in [6.45, 7) is 0. The number of fused-ring (bicyclic) bond motifs is 1. The minimum Gasteiger partial charge on any atom is -0.364 e. The second kappa shape index (κ2) is 7.12. The largest absolute Gasteiger partial charge is 0.364 e. The van der Waals surface area contributed by atoms with Crippen molar-refractivity contribution in [2.75, 3.05) is 5.32 Å². The van der Waals surface area contributed by atoms with Crippen LogP contribution in [0, 0.1) is 0 Å². The molecule has 1 unspecified atom stereocenters. The first-order chi connectivity index (χ1) is 13.9. The third kappa shape index (κ3) is 3.53. The molecule has 1 aliphatic heterocycles. The number of hydrogen-bond acceptors (Lipinski definition) is 7. The molecule has 0 aliphatic carbocycles. The molecule has 3 aromatic heterocycles. The Labute approximate surface area is 165 Å². The van der Waals surface area contributed by atoms with Crippen LogP contribution >= 0.6 is 0 Å². The smallest absolute Gasteiger partial charge is 0.267 e. The van der Waals surface area contributed by atoms with Crippen molar-refractivity contribution in [3.05, 3.63) is 71.2 Å². The van der Waals surface area contributed by atoms with Crippen LogP contribution in [0.15, 0.2) is 48.5 Å². The molecule has 2 amide bonds. The number of rotatable bonds is 4. The maximum atomic E-state index is 12.6. The Balaban J connectivity index is 1.70. The Hall–Kier alpha value is -4.14. The summed E-state index contributed by atoms with van der Waals surface area (Å²) in [6, 6.07) is 12.6. The van der Waals surface area contributed by atoms with Crippen LogP contribution in [0.4, 0.5) is 5.82 Å². The molecule has 5 N–H and O–H groups in total. The minimum absolute atomic E-state index is 0.104. The SMILES string of the molecule is NC(=O)c1cccc(-c2ccc3c(n2)NC(c2cccc(C(N)=O)n2)CC3=O)n1. The van der Waals surface area contributed by atoms with E-state index in [4.69, 9.17) is 11.5 Å². The first-order valence-electron chi connectivity index (χ1n) is 8.77. The van der Waals surface area contributed by atoms with E-state index in [2.05, 4.69) is 20.3 Å². The van der Waals surface area contributed by atoms with Gasteiger partial charge in [-0.15, -0.1) is 0 Å². The molecular formula is C20H16N6O3. The summed E-state index contributed by atoms with van der Waals surface area (Å²) in [5.41, 5.74) is 12.7. The molecule has 0 bridgehead atoms. The molecule has 9 heteroatoms. The summed E-state index contributed by atoms with van der Waals surface area (Å²) in [5, 5.41) is 3.19. The van der Waals surface area contributed by atoms with E-state index in [0.717, 1.165) is 0 Å². The number of nitrogens with two attached hydrogens (primary N) is 2. The molecule has 0 aromatic carbocycles. The highest BCUT2D eigenvalue weighted by Crippen LogP contribution is 2.32. The summed E-state index contributed by atoms with van der Waals surface area (Å²) in [4.78, 5) is 48.3. The number of anilines is 1. The molecule has 0 saturated heterocycles. The van der Waals surface area contributed by atoms with E-state index in [1.54, 1.807) is 36.4 Å². The number of amides is 2. The number of pyridine rings is 3. The van der Waals surface area contributed by atoms with Crippen molar-refractivity contribution in [2.24, 2.45) is 11.5 Å². The van der Waals surface area contributed by atoms with Gasteiger partial charge >= 0.3 is 0 Å². The normalized spacial score (nSPS) is 15.3. The molecule has 144 valence electrons. The number of nitrogens with one attached hydrogen (secondary N) is 1. The van der Waals surface area contributed by atoms with Gasteiger partial charge in [-0.2, -0.15) is 0 Å². The van der Waals surface area contributed by atoms with Gasteiger partial charge in [0, 0.05) is 6.42 Å². The summed E-state index contributed by atoms with van der Waals surface area (Å²) >= 11 is 0. The van der Waals surface area contributed by atoms with E-state index < -0.39 is 17.9 Å². The Kier molecular flexibility index (Phi) is 4.47. The van der Waals surface area contributed by atoms with Crippen LogP contribution in [0.1, 0.15) is 49.5 Å². The van der Waals surface area contributed by atoms with E-state index in [1.807, 2.05) is 0 Å². The molecule has 4 rings (SSSR count). The van der Waals surface area contributed by atoms with Crippen LogP contribution in [0.2, 0.25) is 0 Å². The van der Waals surface area contributed by atoms with Gasteiger partial charge in [-0.3, -0.25) is 14.4 Å². The van der Waals surface area contributed by atoms with Crippen molar-refractivity contribution in [1.82, 2.24) is 15.0 Å². The third-order valence-corrected chi connectivity index (χ3v) is 4.54. The highest BCUT2D eigenvalue weighted by atomic mass is 16.1. The fraction of sp³-hybridized carbons (Fsp3) is 0.100. The zero-order valence-corrected chi connectivity index (χ0v) is 15.1. The average Bonchev–Trinajstić information content (AvgIpc) is 2.73. The molecule has 1 atom stereocenters. The van der Waals surface area contributed by atoms with Crippen LogP contribution in [0.3, 0.4) is 0 Å². The van der Waals surface area contributed by atoms with Crippen molar-refractivity contribution < 1.29 is 14.4 Å². The summed E-state index contributed by atoms with van der Waals surface area (Å²) in [6.07, 6.45) is 0.165. The van der Waals surface area contributed by atoms with Crippen molar-refractivity contribution in [3.8, 4) is 11.4 Å². The van der Waals surface area contributed by atoms with Crippen LogP contribution in [0.25, 0.3) is 11.4 Å². The van der Waals surface area contributed by atoms with E-state index in [9.17, 15) is 14.4 Å². The molecule has 0 saturated carbocycles. The van der Waals surface area contributed by atoms with Gasteiger partial charge in [-0.25, -0.2) is 15.0 Å². The molecule has 1 aliphatic rings. The number of primary amides is 2. The number of Topliss-reactive ketones (excluding diaryl/α,β-unsaturated/α-hetero) is 1. The van der Waals surface area contributed by atoms with Gasteiger partial charge in [0.2, 0.25) is 0 Å². The van der Waals surface area contributed by atoms with Gasteiger partial charge in [0.15, 0.2) is 5.78 Å². The highest BCUT2D eigenvalue weighted by Gasteiger charge is 2.28. The molecule has 0 radical (unpaired) electrons. The van der Waals surface area contributed by atoms with E-state index in [1.165, 1.54) is 12.1 Å². The van der Waals surface area contributed by atoms with E-state index in [0.29, 0.717) is 28.5 Å². The highest BCUT2D eigenvalue weighted by molar-refractivity contribution is 6.03. The summed E-state index contributed by atoms with van der Waals surface area (Å²) < 4.78 is 0. The lowest BCUT2D eigenvalue weighted by atomic mass is 9.96. The fourth-order valence-corrected chi connectivity index (χ4v) is 3.12. The predicted molar refractivity (Wildman–Crippen MR) is 104 cm³/mol. The number of carbonyl (C=O) groups excluding carboxylic acids is 3. The minimum atomic E-state index is -0.643. The monoisotopic (exact) mass is 388 g/mol. The first-order valence-corrected chi connectivity index (χ1v) is 8.77. The lowest BCUT2D eigenvalue weighted by molar-refractivity contribution is 0.0968. The van der Waals surface area contributed by atoms with Crippen LogP contribution < -0.4 is 16.8 Å². The third-order valence-electron chi connectivity index (χ3n) is 4.54. The topological polar surface area (TPSA) is 154 Å². The Morgan fingerprint density at radius 3 is 2.24 bits per heavy atom. The number of aromatic nitrogens is 3. The Bertz CT molecular complexity index is 1160. The molecule has 29 heavy (non-hydrogen) atoms. The zero-order valence-electron chi connectivity index (χ0n) is 15.1. The Morgan fingerprint density at radius 1 is 0.862 bits per heavy atom. The lowest BCUT2D eigenvalue weighted by Gasteiger charge is -2.25. The van der Waals surface area contributed by atoms with Crippen molar-refractivity contribution in [2.45, 2.75) is 12.5 Å². The Morgan fingerprint density at radius 2 is 1.52 bits per heavy atom. The maximum absolute atomic E-state index is 12.6. The van der Waals surface area contributed by atoms with Crippen LogP contribution in [-0.4, -0.2) is 32.5 Å². The molecule has 9 nitrogen and oxygen atoms in total. The van der Waals surface area contributed by atoms with Gasteiger partial charge in [-0.05, 0) is 36.4 Å². The molecule has 0 spiro atoms. The van der Waals surface area contributed by atoms with Crippen molar-refractivity contribution in [3.63, 3.8) is 0 Å². The van der Waals surface area contributed by atoms with Gasteiger partial charge < -0.3 is 16.8 Å². The second-order valence-corrected chi connectivity index (χ2v) is 6.50. The number of carbonyl (C=O) groups is 3. The molecular weight excluding hydrogens is 372 g/mol. The van der Waals surface area contributed by atoms with Crippen LogP contribution in [0.5, 0.6) is 0 Å². The van der Waals surface area contributed by atoms with Gasteiger partial charge in [0.1, 0.15) is 17.2 Å². The maximum Gasteiger partial charge on any atom is 0.267 e. The average molecular weight is 388 g/mol. The summed E-state index contributed by atoms with van der Waals surface area (Å²) in [7, 11) is 0. The molecule has 0 fully saturated rings. The van der Waals surface area contributed by atoms with Crippen molar-refractivity contribution in [1.29, 1.82) is 0 Å². The van der Waals surface area contributed by atoms with Gasteiger partial charge in [-0.1, -0.05) is 12.1 Å². The van der Waals surface area contributed by atoms with Crippen molar-refractivity contribution >= 4 is 23.4 Å². The number of ketones is 1.